The molecule has 1 aromatic carbocycles. The highest BCUT2D eigenvalue weighted by atomic mass is 35.5. The van der Waals surface area contributed by atoms with E-state index in [0.717, 1.165) is 5.69 Å². The van der Waals surface area contributed by atoms with Gasteiger partial charge in [0.25, 0.3) is 0 Å². The molecule has 0 saturated carbocycles. The first-order chi connectivity index (χ1) is 7.41. The van der Waals surface area contributed by atoms with Crippen LogP contribution < -0.4 is 16.4 Å². The van der Waals surface area contributed by atoms with Crippen molar-refractivity contribution in [3.8, 4) is 0 Å². The molecule has 0 aromatic heterocycles. The highest BCUT2D eigenvalue weighted by Gasteiger charge is 2.08. The van der Waals surface area contributed by atoms with E-state index in [0.29, 0.717) is 10.6 Å². The molecule has 0 aliphatic carbocycles. The number of rotatable bonds is 4. The summed E-state index contributed by atoms with van der Waals surface area (Å²) in [6, 6.07) is 5.19. The second kappa shape index (κ2) is 5.14. The molecule has 0 saturated heterocycles. The molecule has 0 radical (unpaired) electrons. The third-order valence-corrected chi connectivity index (χ3v) is 2.58. The van der Waals surface area contributed by atoms with Gasteiger partial charge in [-0.1, -0.05) is 23.8 Å². The van der Waals surface area contributed by atoms with Gasteiger partial charge in [0, 0.05) is 18.3 Å². The average Bonchev–Trinajstić information content (AvgIpc) is 2.15. The van der Waals surface area contributed by atoms with Crippen LogP contribution in [0.4, 0.5) is 5.69 Å². The molecule has 16 heavy (non-hydrogen) atoms. The van der Waals surface area contributed by atoms with Crippen LogP contribution in [-0.2, 0) is 4.79 Å². The molecule has 0 fully saturated rings. The maximum atomic E-state index is 10.7. The number of carbonyl (C=O) groups is 1. The summed E-state index contributed by atoms with van der Waals surface area (Å²) in [6.45, 7) is 0.128. The number of thiocarbonyl (C=S) groups is 1. The molecule has 0 unspecified atom stereocenters. The lowest BCUT2D eigenvalue weighted by Gasteiger charge is -2.18. The van der Waals surface area contributed by atoms with E-state index in [9.17, 15) is 4.79 Å². The van der Waals surface area contributed by atoms with Crippen molar-refractivity contribution in [2.24, 2.45) is 11.5 Å². The molecule has 0 atom stereocenters. The molecule has 86 valence electrons. The fourth-order valence-corrected chi connectivity index (χ4v) is 1.78. The van der Waals surface area contributed by atoms with Crippen LogP contribution in [0.15, 0.2) is 18.2 Å². The van der Waals surface area contributed by atoms with Crippen molar-refractivity contribution in [2.45, 2.75) is 0 Å². The Hall–Kier alpha value is -1.33. The normalized spacial score (nSPS) is 9.88. The second-order valence-corrected chi connectivity index (χ2v) is 4.20. The van der Waals surface area contributed by atoms with E-state index in [-0.39, 0.29) is 11.5 Å². The average molecular weight is 258 g/mol. The van der Waals surface area contributed by atoms with Crippen molar-refractivity contribution in [1.82, 2.24) is 0 Å². The molecular formula is C10H12ClN3OS. The summed E-state index contributed by atoms with van der Waals surface area (Å²) >= 11 is 10.8. The van der Waals surface area contributed by atoms with Crippen LogP contribution in [-0.4, -0.2) is 24.5 Å². The van der Waals surface area contributed by atoms with E-state index in [4.69, 9.17) is 35.3 Å². The molecule has 0 bridgehead atoms. The van der Waals surface area contributed by atoms with Crippen molar-refractivity contribution in [3.63, 3.8) is 0 Å². The van der Waals surface area contributed by atoms with Crippen LogP contribution in [0.1, 0.15) is 5.56 Å². The van der Waals surface area contributed by atoms with Crippen molar-refractivity contribution in [2.75, 3.05) is 18.5 Å². The third kappa shape index (κ3) is 3.08. The van der Waals surface area contributed by atoms with E-state index in [1.807, 2.05) is 0 Å². The fourth-order valence-electron chi connectivity index (χ4n) is 1.27. The standard InChI is InChI=1S/C10H12ClN3OS/c1-14(5-9(12)15)6-2-3-7(10(13)16)8(11)4-6/h2-4H,5H2,1H3,(H2,12,15)(H2,13,16). The quantitative estimate of drug-likeness (QED) is 0.786. The first-order valence-corrected chi connectivity index (χ1v) is 5.29. The lowest BCUT2D eigenvalue weighted by molar-refractivity contribution is -0.116. The Bertz CT molecular complexity index is 436. The van der Waals surface area contributed by atoms with Crippen molar-refractivity contribution in [3.05, 3.63) is 28.8 Å². The number of nitrogens with zero attached hydrogens (tertiary/aromatic N) is 1. The Morgan fingerprint density at radius 2 is 2.12 bits per heavy atom. The van der Waals surface area contributed by atoms with Gasteiger partial charge in [-0.3, -0.25) is 4.79 Å². The number of hydrogen-bond acceptors (Lipinski definition) is 3. The zero-order valence-corrected chi connectivity index (χ0v) is 10.3. The van der Waals surface area contributed by atoms with Gasteiger partial charge in [0.15, 0.2) is 0 Å². The van der Waals surface area contributed by atoms with E-state index < -0.39 is 5.91 Å². The maximum Gasteiger partial charge on any atom is 0.236 e. The highest BCUT2D eigenvalue weighted by molar-refractivity contribution is 7.80. The summed E-state index contributed by atoms with van der Waals surface area (Å²) in [6.07, 6.45) is 0. The summed E-state index contributed by atoms with van der Waals surface area (Å²) in [5, 5.41) is 0.460. The summed E-state index contributed by atoms with van der Waals surface area (Å²) in [5.41, 5.74) is 12.0. The highest BCUT2D eigenvalue weighted by Crippen LogP contribution is 2.22. The number of primary amides is 1. The Labute approximate surface area is 104 Å². The van der Waals surface area contributed by atoms with E-state index >= 15 is 0 Å². The molecule has 0 aliphatic heterocycles. The van der Waals surface area contributed by atoms with Crippen LogP contribution >= 0.6 is 23.8 Å². The number of carbonyl (C=O) groups excluding carboxylic acids is 1. The lowest BCUT2D eigenvalue weighted by Crippen LogP contribution is -2.30. The SMILES string of the molecule is CN(CC(N)=O)c1ccc(C(N)=S)c(Cl)c1. The van der Waals surface area contributed by atoms with E-state index in [1.54, 1.807) is 30.1 Å². The number of benzene rings is 1. The van der Waals surface area contributed by atoms with Gasteiger partial charge >= 0.3 is 0 Å². The number of likely N-dealkylation sites (N-methyl/N-ethyl adjacent to an activating group) is 1. The molecule has 0 aliphatic rings. The molecule has 4 nitrogen and oxygen atoms in total. The van der Waals surface area contributed by atoms with Gasteiger partial charge < -0.3 is 16.4 Å². The summed E-state index contributed by atoms with van der Waals surface area (Å²) in [4.78, 5) is 12.7. The molecule has 0 spiro atoms. The summed E-state index contributed by atoms with van der Waals surface area (Å²) in [7, 11) is 1.75. The number of anilines is 1. The maximum absolute atomic E-state index is 10.7. The topological polar surface area (TPSA) is 72.3 Å². The van der Waals surface area contributed by atoms with Gasteiger partial charge in [-0.2, -0.15) is 0 Å². The largest absolute Gasteiger partial charge is 0.389 e. The van der Waals surface area contributed by atoms with Crippen LogP contribution in [0.2, 0.25) is 5.02 Å². The number of nitrogens with two attached hydrogens (primary N) is 2. The summed E-state index contributed by atoms with van der Waals surface area (Å²) in [5.74, 6) is -0.406. The molecular weight excluding hydrogens is 246 g/mol. The van der Waals surface area contributed by atoms with Crippen LogP contribution in [0.3, 0.4) is 0 Å². The molecule has 6 heteroatoms. The van der Waals surface area contributed by atoms with E-state index in [1.165, 1.54) is 0 Å². The molecule has 1 amide bonds. The van der Waals surface area contributed by atoms with Gasteiger partial charge in [0.1, 0.15) is 4.99 Å². The Morgan fingerprint density at radius 3 is 2.56 bits per heavy atom. The smallest absolute Gasteiger partial charge is 0.236 e. The molecule has 1 rings (SSSR count). The van der Waals surface area contributed by atoms with E-state index in [2.05, 4.69) is 0 Å². The Balaban J connectivity index is 2.96. The zero-order chi connectivity index (χ0) is 12.3. The second-order valence-electron chi connectivity index (χ2n) is 3.35. The van der Waals surface area contributed by atoms with Gasteiger partial charge in [0.05, 0.1) is 11.6 Å². The van der Waals surface area contributed by atoms with Crippen LogP contribution in [0.25, 0.3) is 0 Å². The van der Waals surface area contributed by atoms with Gasteiger partial charge in [-0.15, -0.1) is 0 Å². The van der Waals surface area contributed by atoms with Gasteiger partial charge in [0.2, 0.25) is 5.91 Å². The number of halogens is 1. The zero-order valence-electron chi connectivity index (χ0n) is 8.74. The molecule has 0 heterocycles. The third-order valence-electron chi connectivity index (χ3n) is 2.05. The monoisotopic (exact) mass is 257 g/mol. The number of amides is 1. The van der Waals surface area contributed by atoms with Gasteiger partial charge in [-0.25, -0.2) is 0 Å². The first-order valence-electron chi connectivity index (χ1n) is 4.50. The lowest BCUT2D eigenvalue weighted by atomic mass is 10.2. The van der Waals surface area contributed by atoms with Crippen molar-refractivity contribution >= 4 is 40.4 Å². The Morgan fingerprint density at radius 1 is 1.50 bits per heavy atom. The minimum Gasteiger partial charge on any atom is -0.389 e. The minimum absolute atomic E-state index is 0.128. The molecule has 4 N–H and O–H groups in total. The van der Waals surface area contributed by atoms with Crippen molar-refractivity contribution in [1.29, 1.82) is 0 Å². The number of hydrogen-bond donors (Lipinski definition) is 2. The minimum atomic E-state index is -0.406. The van der Waals surface area contributed by atoms with Crippen LogP contribution in [0, 0.1) is 0 Å². The molecule has 1 aromatic rings. The fraction of sp³-hybridized carbons (Fsp3) is 0.200. The van der Waals surface area contributed by atoms with Crippen molar-refractivity contribution < 1.29 is 4.79 Å². The van der Waals surface area contributed by atoms with Gasteiger partial charge in [-0.05, 0) is 18.2 Å². The summed E-state index contributed by atoms with van der Waals surface area (Å²) < 4.78 is 0. The predicted octanol–water partition coefficient (Wildman–Crippen LogP) is 0.896. The predicted molar refractivity (Wildman–Crippen MR) is 69.8 cm³/mol. The Kier molecular flexibility index (Phi) is 4.09. The first kappa shape index (κ1) is 12.7. The van der Waals surface area contributed by atoms with Crippen LogP contribution in [0.5, 0.6) is 0 Å².